The van der Waals surface area contributed by atoms with Gasteiger partial charge in [0.05, 0.1) is 15.0 Å². The second-order valence-corrected chi connectivity index (χ2v) is 7.12. The van der Waals surface area contributed by atoms with Crippen LogP contribution in [0, 0.1) is 5.41 Å². The third-order valence-electron chi connectivity index (χ3n) is 3.85. The van der Waals surface area contributed by atoms with Gasteiger partial charge >= 0.3 is 0 Å². The molecule has 3 N–H and O–H groups in total. The molecular formula is C13H17Br2NO2. The Kier molecular flexibility index (Phi) is 4.07. The third kappa shape index (κ3) is 2.59. The Morgan fingerprint density at radius 3 is 2.33 bits per heavy atom. The molecule has 0 radical (unpaired) electrons. The fourth-order valence-corrected chi connectivity index (χ4v) is 3.49. The standard InChI is InChI=1S/C13H17Br2NO2/c1-13(2)10(5-11(13)17)16-6-7-3-8(14)12(18)9(15)4-7/h3-4,10-11,16-18H,5-6H2,1-2H3. The maximum Gasteiger partial charge on any atom is 0.143 e. The number of aromatic hydroxyl groups is 1. The number of aliphatic hydroxyl groups is 1. The van der Waals surface area contributed by atoms with E-state index >= 15 is 0 Å². The first kappa shape index (κ1) is 14.3. The molecule has 0 spiro atoms. The van der Waals surface area contributed by atoms with Crippen LogP contribution in [0.25, 0.3) is 0 Å². The summed E-state index contributed by atoms with van der Waals surface area (Å²) in [6.07, 6.45) is 0.584. The number of hydrogen-bond donors (Lipinski definition) is 3. The minimum Gasteiger partial charge on any atom is -0.506 e. The van der Waals surface area contributed by atoms with E-state index in [1.807, 2.05) is 12.1 Å². The molecule has 2 unspecified atom stereocenters. The molecule has 2 rings (SSSR count). The van der Waals surface area contributed by atoms with Gasteiger partial charge in [0, 0.05) is 18.0 Å². The largest absolute Gasteiger partial charge is 0.506 e. The van der Waals surface area contributed by atoms with E-state index < -0.39 is 0 Å². The van der Waals surface area contributed by atoms with Crippen molar-refractivity contribution in [2.45, 2.75) is 39.0 Å². The van der Waals surface area contributed by atoms with Crippen LogP contribution in [-0.4, -0.2) is 22.4 Å². The van der Waals surface area contributed by atoms with Crippen molar-refractivity contribution >= 4 is 31.9 Å². The lowest BCUT2D eigenvalue weighted by molar-refractivity contribution is -0.0729. The van der Waals surface area contributed by atoms with Gasteiger partial charge in [0.25, 0.3) is 0 Å². The van der Waals surface area contributed by atoms with E-state index in [9.17, 15) is 10.2 Å². The van der Waals surface area contributed by atoms with E-state index in [0.29, 0.717) is 15.0 Å². The predicted octanol–water partition coefficient (Wildman–Crippen LogP) is 3.17. The van der Waals surface area contributed by atoms with Gasteiger partial charge in [-0.3, -0.25) is 0 Å². The molecule has 1 fully saturated rings. The number of hydrogen-bond acceptors (Lipinski definition) is 3. The highest BCUT2D eigenvalue weighted by Crippen LogP contribution is 2.40. The summed E-state index contributed by atoms with van der Waals surface area (Å²) in [5.41, 5.74) is 1.02. The molecule has 0 saturated heterocycles. The van der Waals surface area contributed by atoms with Crippen molar-refractivity contribution in [2.75, 3.05) is 0 Å². The first-order valence-electron chi connectivity index (χ1n) is 5.90. The number of aliphatic hydroxyl groups excluding tert-OH is 1. The molecule has 0 amide bonds. The summed E-state index contributed by atoms with van der Waals surface area (Å²) in [7, 11) is 0. The molecule has 0 aliphatic heterocycles. The molecule has 0 heterocycles. The lowest BCUT2D eigenvalue weighted by Gasteiger charge is -2.49. The quantitative estimate of drug-likeness (QED) is 0.757. The minimum atomic E-state index is -0.215. The molecule has 5 heteroatoms. The Hall–Kier alpha value is -0.100. The monoisotopic (exact) mass is 377 g/mol. The van der Waals surface area contributed by atoms with E-state index in [2.05, 4.69) is 51.0 Å². The molecule has 1 aromatic rings. The molecule has 1 aromatic carbocycles. The highest BCUT2D eigenvalue weighted by Gasteiger charge is 2.46. The van der Waals surface area contributed by atoms with Gasteiger partial charge in [-0.05, 0) is 56.0 Å². The zero-order chi connectivity index (χ0) is 13.5. The van der Waals surface area contributed by atoms with E-state index in [1.165, 1.54) is 0 Å². The van der Waals surface area contributed by atoms with Crippen molar-refractivity contribution < 1.29 is 10.2 Å². The van der Waals surface area contributed by atoms with Crippen LogP contribution in [0.15, 0.2) is 21.1 Å². The predicted molar refractivity (Wildman–Crippen MR) is 78.5 cm³/mol. The number of phenols is 1. The van der Waals surface area contributed by atoms with Gasteiger partial charge in [0.15, 0.2) is 0 Å². The number of benzene rings is 1. The molecule has 100 valence electrons. The van der Waals surface area contributed by atoms with Gasteiger partial charge in [-0.2, -0.15) is 0 Å². The Labute approximate surface area is 124 Å². The summed E-state index contributed by atoms with van der Waals surface area (Å²) in [5, 5.41) is 22.8. The first-order chi connectivity index (χ1) is 8.32. The molecule has 1 saturated carbocycles. The zero-order valence-corrected chi connectivity index (χ0v) is 13.5. The molecule has 2 atom stereocenters. The molecule has 1 aliphatic carbocycles. The van der Waals surface area contributed by atoms with Gasteiger partial charge in [0.1, 0.15) is 5.75 Å². The van der Waals surface area contributed by atoms with Gasteiger partial charge < -0.3 is 15.5 Å². The number of nitrogens with one attached hydrogen (secondary N) is 1. The average Bonchev–Trinajstić information content (AvgIpc) is 2.31. The second kappa shape index (κ2) is 5.12. The summed E-state index contributed by atoms with van der Waals surface area (Å²) in [6, 6.07) is 4.13. The van der Waals surface area contributed by atoms with Crippen LogP contribution in [0.3, 0.4) is 0 Å². The Morgan fingerprint density at radius 1 is 1.33 bits per heavy atom. The van der Waals surface area contributed by atoms with Crippen molar-refractivity contribution in [1.29, 1.82) is 0 Å². The molecule has 0 bridgehead atoms. The maximum atomic E-state index is 9.68. The smallest absolute Gasteiger partial charge is 0.143 e. The molecule has 18 heavy (non-hydrogen) atoms. The molecule has 0 aromatic heterocycles. The van der Waals surface area contributed by atoms with Crippen molar-refractivity contribution in [3.05, 3.63) is 26.6 Å². The normalized spacial score (nSPS) is 25.8. The number of rotatable bonds is 3. The number of phenolic OH excluding ortho intramolecular Hbond substituents is 1. The zero-order valence-electron chi connectivity index (χ0n) is 10.4. The lowest BCUT2D eigenvalue weighted by Crippen LogP contribution is -2.59. The summed E-state index contributed by atoms with van der Waals surface area (Å²) in [6.45, 7) is 4.86. The fraction of sp³-hybridized carbons (Fsp3) is 0.538. The van der Waals surface area contributed by atoms with Crippen LogP contribution in [0.2, 0.25) is 0 Å². The third-order valence-corrected chi connectivity index (χ3v) is 5.05. The van der Waals surface area contributed by atoms with Gasteiger partial charge in [-0.15, -0.1) is 0 Å². The van der Waals surface area contributed by atoms with E-state index in [4.69, 9.17) is 0 Å². The van der Waals surface area contributed by atoms with Crippen LogP contribution < -0.4 is 5.32 Å². The lowest BCUT2D eigenvalue weighted by atomic mass is 9.64. The van der Waals surface area contributed by atoms with Crippen molar-refractivity contribution in [3.63, 3.8) is 0 Å². The highest BCUT2D eigenvalue weighted by atomic mass is 79.9. The minimum absolute atomic E-state index is 0.0641. The Bertz CT molecular complexity index is 439. The summed E-state index contributed by atoms with van der Waals surface area (Å²) < 4.78 is 1.36. The van der Waals surface area contributed by atoms with E-state index in [0.717, 1.165) is 18.5 Å². The number of halogens is 2. The van der Waals surface area contributed by atoms with Crippen molar-refractivity contribution in [1.82, 2.24) is 5.32 Å². The topological polar surface area (TPSA) is 52.5 Å². The van der Waals surface area contributed by atoms with Gasteiger partial charge in [0.2, 0.25) is 0 Å². The Morgan fingerprint density at radius 2 is 1.89 bits per heavy atom. The van der Waals surface area contributed by atoms with Crippen molar-refractivity contribution in [2.24, 2.45) is 5.41 Å². The van der Waals surface area contributed by atoms with Crippen LogP contribution in [0.4, 0.5) is 0 Å². The Balaban J connectivity index is 2.00. The van der Waals surface area contributed by atoms with Crippen LogP contribution in [0.5, 0.6) is 5.75 Å². The first-order valence-corrected chi connectivity index (χ1v) is 7.49. The van der Waals surface area contributed by atoms with Gasteiger partial charge in [-0.1, -0.05) is 13.8 Å². The highest BCUT2D eigenvalue weighted by molar-refractivity contribution is 9.11. The van der Waals surface area contributed by atoms with Crippen LogP contribution >= 0.6 is 31.9 Å². The molecule has 1 aliphatic rings. The summed E-state index contributed by atoms with van der Waals surface area (Å²) in [5.74, 6) is 0.221. The molecular weight excluding hydrogens is 362 g/mol. The van der Waals surface area contributed by atoms with Crippen LogP contribution in [-0.2, 0) is 6.54 Å². The van der Waals surface area contributed by atoms with Gasteiger partial charge in [-0.25, -0.2) is 0 Å². The summed E-state index contributed by atoms with van der Waals surface area (Å²) >= 11 is 6.64. The van der Waals surface area contributed by atoms with E-state index in [1.54, 1.807) is 0 Å². The second-order valence-electron chi connectivity index (χ2n) is 5.41. The van der Waals surface area contributed by atoms with E-state index in [-0.39, 0.29) is 17.3 Å². The molecule has 3 nitrogen and oxygen atoms in total. The average molecular weight is 379 g/mol. The summed E-state index contributed by atoms with van der Waals surface area (Å²) in [4.78, 5) is 0. The van der Waals surface area contributed by atoms with Crippen molar-refractivity contribution in [3.8, 4) is 5.75 Å². The fourth-order valence-electron chi connectivity index (χ4n) is 2.21. The SMILES string of the molecule is CC1(C)C(O)CC1NCc1cc(Br)c(O)c(Br)c1. The van der Waals surface area contributed by atoms with Crippen LogP contribution in [0.1, 0.15) is 25.8 Å². The maximum absolute atomic E-state index is 9.68.